The van der Waals surface area contributed by atoms with Crippen molar-refractivity contribution in [2.24, 2.45) is 5.73 Å². The van der Waals surface area contributed by atoms with Crippen molar-refractivity contribution < 1.29 is 9.53 Å². The predicted octanol–water partition coefficient (Wildman–Crippen LogP) is 1.20. The van der Waals surface area contributed by atoms with Gasteiger partial charge in [0.2, 0.25) is 5.91 Å². The highest BCUT2D eigenvalue weighted by Crippen LogP contribution is 2.25. The average Bonchev–Trinajstić information content (AvgIpc) is 2.19. The van der Waals surface area contributed by atoms with Crippen LogP contribution in [0, 0.1) is 14.9 Å². The molecular weight excluding hydrogens is 307 g/mol. The van der Waals surface area contributed by atoms with Crippen LogP contribution in [0.4, 0.5) is 0 Å². The van der Waals surface area contributed by atoms with Gasteiger partial charge in [0.25, 0.3) is 0 Å². The lowest BCUT2D eigenvalue weighted by atomic mass is 10.0. The maximum absolute atomic E-state index is 10.8. The quantitative estimate of drug-likeness (QED) is 0.851. The van der Waals surface area contributed by atoms with Crippen molar-refractivity contribution in [1.82, 2.24) is 0 Å². The van der Waals surface area contributed by atoms with Crippen molar-refractivity contribution in [3.63, 3.8) is 0 Å². The number of benzene rings is 1. The fraction of sp³-hybridized carbons (Fsp3) is 0.200. The molecule has 1 aromatic carbocycles. The van der Waals surface area contributed by atoms with E-state index in [-0.39, 0.29) is 6.42 Å². The van der Waals surface area contributed by atoms with Gasteiger partial charge in [0, 0.05) is 0 Å². The largest absolute Gasteiger partial charge is 0.496 e. The Morgan fingerprint density at radius 1 is 1.67 bits per heavy atom. The molecule has 0 radical (unpaired) electrons. The highest BCUT2D eigenvalue weighted by atomic mass is 127. The molecule has 0 aromatic heterocycles. The van der Waals surface area contributed by atoms with Crippen LogP contribution in [0.25, 0.3) is 0 Å². The second-order valence-corrected chi connectivity index (χ2v) is 4.06. The fourth-order valence-electron chi connectivity index (χ4n) is 1.19. The molecule has 5 heteroatoms. The first-order valence-corrected chi connectivity index (χ1v) is 5.21. The molecular formula is C10H9IN2O2. The van der Waals surface area contributed by atoms with E-state index >= 15 is 0 Å². The summed E-state index contributed by atoms with van der Waals surface area (Å²) in [6.07, 6.45) is 0.0518. The molecule has 1 amide bonds. The van der Waals surface area contributed by atoms with E-state index in [2.05, 4.69) is 22.6 Å². The molecule has 1 aromatic rings. The third-order valence-corrected chi connectivity index (χ3v) is 2.71. The minimum atomic E-state index is -0.463. The van der Waals surface area contributed by atoms with E-state index in [0.29, 0.717) is 16.9 Å². The zero-order valence-electron chi connectivity index (χ0n) is 8.08. The van der Waals surface area contributed by atoms with E-state index < -0.39 is 5.91 Å². The Morgan fingerprint density at radius 2 is 2.33 bits per heavy atom. The number of nitriles is 1. The SMILES string of the molecule is COc1cc(CC(N)=O)c(C#N)cc1I. The molecule has 0 aliphatic rings. The van der Waals surface area contributed by atoms with Gasteiger partial charge in [-0.15, -0.1) is 0 Å². The summed E-state index contributed by atoms with van der Waals surface area (Å²) in [5, 5.41) is 8.87. The highest BCUT2D eigenvalue weighted by molar-refractivity contribution is 14.1. The van der Waals surface area contributed by atoms with E-state index in [9.17, 15) is 4.79 Å². The minimum absolute atomic E-state index is 0.0518. The Balaban J connectivity index is 3.24. The second-order valence-electron chi connectivity index (χ2n) is 2.90. The summed E-state index contributed by atoms with van der Waals surface area (Å²) >= 11 is 2.07. The van der Waals surface area contributed by atoms with E-state index in [1.807, 2.05) is 6.07 Å². The molecule has 0 aliphatic heterocycles. The van der Waals surface area contributed by atoms with Gasteiger partial charge in [-0.05, 0) is 40.3 Å². The molecule has 0 fully saturated rings. The number of carbonyl (C=O) groups is 1. The van der Waals surface area contributed by atoms with Gasteiger partial charge in [-0.1, -0.05) is 0 Å². The number of hydrogen-bond acceptors (Lipinski definition) is 3. The van der Waals surface area contributed by atoms with Crippen LogP contribution >= 0.6 is 22.6 Å². The molecule has 1 rings (SSSR count). The number of carbonyl (C=O) groups excluding carboxylic acids is 1. The zero-order chi connectivity index (χ0) is 11.4. The monoisotopic (exact) mass is 316 g/mol. The van der Waals surface area contributed by atoms with Crippen LogP contribution in [0.3, 0.4) is 0 Å². The molecule has 0 heterocycles. The Bertz CT molecular complexity index is 438. The van der Waals surface area contributed by atoms with E-state index in [0.717, 1.165) is 3.57 Å². The van der Waals surface area contributed by atoms with Crippen molar-refractivity contribution in [2.45, 2.75) is 6.42 Å². The van der Waals surface area contributed by atoms with Gasteiger partial charge in [-0.2, -0.15) is 5.26 Å². The molecule has 15 heavy (non-hydrogen) atoms. The van der Waals surface area contributed by atoms with E-state index in [1.165, 1.54) is 7.11 Å². The van der Waals surface area contributed by atoms with Crippen molar-refractivity contribution in [2.75, 3.05) is 7.11 Å². The summed E-state index contributed by atoms with van der Waals surface area (Å²) in [7, 11) is 1.54. The van der Waals surface area contributed by atoms with Crippen LogP contribution in [-0.2, 0) is 11.2 Å². The summed E-state index contributed by atoms with van der Waals surface area (Å²) in [4.78, 5) is 10.8. The lowest BCUT2D eigenvalue weighted by molar-refractivity contribution is -0.117. The van der Waals surface area contributed by atoms with Crippen molar-refractivity contribution in [1.29, 1.82) is 5.26 Å². The Labute approximate surface area is 101 Å². The van der Waals surface area contributed by atoms with Gasteiger partial charge >= 0.3 is 0 Å². The number of methoxy groups -OCH3 is 1. The predicted molar refractivity (Wildman–Crippen MR) is 63.3 cm³/mol. The number of ether oxygens (including phenoxy) is 1. The lowest BCUT2D eigenvalue weighted by Crippen LogP contribution is -2.14. The minimum Gasteiger partial charge on any atom is -0.496 e. The molecule has 4 nitrogen and oxygen atoms in total. The van der Waals surface area contributed by atoms with Crippen LogP contribution in [0.15, 0.2) is 12.1 Å². The Kier molecular flexibility index (Phi) is 3.91. The summed E-state index contributed by atoms with van der Waals surface area (Å²) in [5.74, 6) is 0.181. The molecule has 0 bridgehead atoms. The van der Waals surface area contributed by atoms with E-state index in [1.54, 1.807) is 12.1 Å². The van der Waals surface area contributed by atoms with Gasteiger partial charge in [0.15, 0.2) is 0 Å². The van der Waals surface area contributed by atoms with Crippen LogP contribution in [0.2, 0.25) is 0 Å². The first kappa shape index (κ1) is 11.8. The molecule has 2 N–H and O–H groups in total. The molecule has 0 aliphatic carbocycles. The van der Waals surface area contributed by atoms with Gasteiger partial charge in [-0.3, -0.25) is 4.79 Å². The number of halogens is 1. The topological polar surface area (TPSA) is 76.1 Å². The van der Waals surface area contributed by atoms with Crippen molar-refractivity contribution in [3.05, 3.63) is 26.8 Å². The standard InChI is InChI=1S/C10H9IN2O2/c1-15-9-3-6(4-10(13)14)7(5-12)2-8(9)11/h2-3H,4H2,1H3,(H2,13,14). The van der Waals surface area contributed by atoms with Gasteiger partial charge in [0.05, 0.1) is 28.7 Å². The fourth-order valence-corrected chi connectivity index (χ4v) is 1.88. The number of nitrogens with two attached hydrogens (primary N) is 1. The van der Waals surface area contributed by atoms with Crippen LogP contribution in [0.1, 0.15) is 11.1 Å². The van der Waals surface area contributed by atoms with Crippen LogP contribution in [0.5, 0.6) is 5.75 Å². The lowest BCUT2D eigenvalue weighted by Gasteiger charge is -2.07. The molecule has 0 spiro atoms. The summed E-state index contributed by atoms with van der Waals surface area (Å²) in [6, 6.07) is 5.37. The number of nitrogens with zero attached hydrogens (tertiary/aromatic N) is 1. The molecule has 0 saturated carbocycles. The second kappa shape index (κ2) is 4.98. The van der Waals surface area contributed by atoms with Crippen LogP contribution in [-0.4, -0.2) is 13.0 Å². The molecule has 0 atom stereocenters. The summed E-state index contributed by atoms with van der Waals surface area (Å²) < 4.78 is 5.93. The van der Waals surface area contributed by atoms with Gasteiger partial charge in [0.1, 0.15) is 5.75 Å². The first-order chi connectivity index (χ1) is 7.08. The molecule has 78 valence electrons. The number of primary amides is 1. The number of rotatable bonds is 3. The summed E-state index contributed by atoms with van der Waals surface area (Å²) in [5.41, 5.74) is 6.14. The Morgan fingerprint density at radius 3 is 2.80 bits per heavy atom. The smallest absolute Gasteiger partial charge is 0.221 e. The maximum atomic E-state index is 10.8. The zero-order valence-corrected chi connectivity index (χ0v) is 10.2. The average molecular weight is 316 g/mol. The number of hydrogen-bond donors (Lipinski definition) is 1. The highest BCUT2D eigenvalue weighted by Gasteiger charge is 2.10. The summed E-state index contributed by atoms with van der Waals surface area (Å²) in [6.45, 7) is 0. The van der Waals surface area contributed by atoms with E-state index in [4.69, 9.17) is 15.7 Å². The number of amides is 1. The van der Waals surface area contributed by atoms with Crippen LogP contribution < -0.4 is 10.5 Å². The van der Waals surface area contributed by atoms with Gasteiger partial charge in [-0.25, -0.2) is 0 Å². The molecule has 0 unspecified atom stereocenters. The third kappa shape index (κ3) is 2.83. The normalized spacial score (nSPS) is 9.40. The Hall–Kier alpha value is -1.29. The maximum Gasteiger partial charge on any atom is 0.221 e. The molecule has 0 saturated heterocycles. The van der Waals surface area contributed by atoms with Gasteiger partial charge < -0.3 is 10.5 Å². The van der Waals surface area contributed by atoms with Crippen molar-refractivity contribution >= 4 is 28.5 Å². The third-order valence-electron chi connectivity index (χ3n) is 1.86. The first-order valence-electron chi connectivity index (χ1n) is 4.13. The van der Waals surface area contributed by atoms with Crippen molar-refractivity contribution in [3.8, 4) is 11.8 Å².